The molecule has 0 saturated carbocycles. The fourth-order valence-electron chi connectivity index (χ4n) is 12.5. The average Bonchev–Trinajstić information content (AvgIpc) is 3.44. The van der Waals surface area contributed by atoms with E-state index in [2.05, 4.69) is 154 Å². The lowest BCUT2D eigenvalue weighted by Gasteiger charge is -2.33. The lowest BCUT2D eigenvalue weighted by Crippen LogP contribution is -2.18. The van der Waals surface area contributed by atoms with Crippen LogP contribution in [0.25, 0.3) is 39.9 Å². The molecule has 4 nitrogen and oxygen atoms in total. The fourth-order valence-corrected chi connectivity index (χ4v) is 12.5. The Kier molecular flexibility index (Phi) is 12.6. The number of benzene rings is 8. The SMILES string of the molecule is [C-]#[N+]c1c(C=Cc2ccc(N(c3cccc4c3CCCC4)c3cccc4c3CCCC4)cc2)ccc2c(C#N)c(C=Cc3ccc(N(c4cccc5c4CCCC5)c4cccc5c4CCCC5)cc3)ccc12. The minimum Gasteiger partial charge on any atom is -0.310 e. The molecule has 12 rings (SSSR count). The summed E-state index contributed by atoms with van der Waals surface area (Å²) in [4.78, 5) is 9.11. The normalized spacial score (nSPS) is 15.0. The highest BCUT2D eigenvalue weighted by atomic mass is 15.2. The van der Waals surface area contributed by atoms with E-state index in [1.807, 2.05) is 36.4 Å². The van der Waals surface area contributed by atoms with Crippen LogP contribution in [-0.4, -0.2) is 0 Å². The molecule has 0 aromatic heterocycles. The van der Waals surface area contributed by atoms with Gasteiger partial charge >= 0.3 is 0 Å². The van der Waals surface area contributed by atoms with Crippen LogP contribution in [0.3, 0.4) is 0 Å². The highest BCUT2D eigenvalue weighted by Crippen LogP contribution is 2.46. The molecule has 4 aliphatic rings. The molecular formula is C68H60N4. The van der Waals surface area contributed by atoms with Gasteiger partial charge in [-0.25, -0.2) is 4.85 Å². The van der Waals surface area contributed by atoms with Gasteiger partial charge in [0.05, 0.1) is 12.1 Å². The van der Waals surface area contributed by atoms with Crippen molar-refractivity contribution in [1.82, 2.24) is 0 Å². The standard InChI is InChI=1S/C68H60N4/c1-70-68-54(37-31-48-34-42-56(43-35-48)72(66-28-12-20-51-16-4-8-24-59(51)66)67-29-13-21-52-17-5-9-25-60(52)67)39-44-61-62(68)45-38-53(63(61)46-69)36-30-47-32-40-55(41-33-47)71(64-26-10-18-49-14-2-6-22-57(49)64)65-27-11-19-50-15-3-7-23-58(50)65/h10-13,18-21,26-45H,2-9,14-17,22-25H2. The second kappa shape index (κ2) is 20.1. The van der Waals surface area contributed by atoms with Gasteiger partial charge in [0.25, 0.3) is 0 Å². The first kappa shape index (κ1) is 45.2. The molecule has 8 aromatic carbocycles. The van der Waals surface area contributed by atoms with Gasteiger partial charge in [0.2, 0.25) is 5.69 Å². The molecule has 0 radical (unpaired) electrons. The van der Waals surface area contributed by atoms with Crippen LogP contribution in [-0.2, 0) is 51.4 Å². The van der Waals surface area contributed by atoms with Crippen LogP contribution in [0.4, 0.5) is 39.8 Å². The monoisotopic (exact) mass is 932 g/mol. The maximum atomic E-state index is 10.6. The number of rotatable bonds is 10. The van der Waals surface area contributed by atoms with Crippen molar-refractivity contribution in [2.75, 3.05) is 9.80 Å². The molecule has 72 heavy (non-hydrogen) atoms. The predicted molar refractivity (Wildman–Crippen MR) is 302 cm³/mol. The van der Waals surface area contributed by atoms with Crippen molar-refractivity contribution in [3.05, 3.63) is 229 Å². The summed E-state index contributed by atoms with van der Waals surface area (Å²) < 4.78 is 0. The number of nitriles is 1. The quantitative estimate of drug-likeness (QED) is 0.101. The topological polar surface area (TPSA) is 34.6 Å². The molecule has 0 atom stereocenters. The van der Waals surface area contributed by atoms with Crippen molar-refractivity contribution in [1.29, 1.82) is 5.26 Å². The molecule has 0 saturated heterocycles. The maximum Gasteiger partial charge on any atom is 0.202 e. The maximum absolute atomic E-state index is 10.6. The molecule has 4 aliphatic carbocycles. The van der Waals surface area contributed by atoms with Gasteiger partial charge in [0, 0.05) is 34.1 Å². The molecular weight excluding hydrogens is 873 g/mol. The zero-order valence-electron chi connectivity index (χ0n) is 41.3. The minimum atomic E-state index is 0.556. The number of aryl methyl sites for hydroxylation is 4. The number of hydrogen-bond acceptors (Lipinski definition) is 3. The largest absolute Gasteiger partial charge is 0.310 e. The summed E-state index contributed by atoms with van der Waals surface area (Å²) in [5.74, 6) is 0. The summed E-state index contributed by atoms with van der Waals surface area (Å²) in [6.07, 6.45) is 27.3. The van der Waals surface area contributed by atoms with Crippen LogP contribution in [0.2, 0.25) is 0 Å². The third-order valence-corrected chi connectivity index (χ3v) is 16.1. The Bertz CT molecular complexity index is 3150. The first-order valence-corrected chi connectivity index (χ1v) is 26.6. The van der Waals surface area contributed by atoms with Crippen LogP contribution in [0.15, 0.2) is 146 Å². The highest BCUT2D eigenvalue weighted by Gasteiger charge is 2.26. The van der Waals surface area contributed by atoms with E-state index in [1.165, 1.54) is 119 Å². The molecule has 0 heterocycles. The lowest BCUT2D eigenvalue weighted by molar-refractivity contribution is 0.682. The van der Waals surface area contributed by atoms with Crippen LogP contribution in [0.1, 0.15) is 124 Å². The second-order valence-electron chi connectivity index (χ2n) is 20.4. The van der Waals surface area contributed by atoms with Crippen molar-refractivity contribution in [2.45, 2.75) is 103 Å². The van der Waals surface area contributed by atoms with E-state index in [1.54, 1.807) is 0 Å². The molecule has 4 heteroatoms. The van der Waals surface area contributed by atoms with Gasteiger partial charge in [0.15, 0.2) is 0 Å². The number of fused-ring (bicyclic) bond motifs is 5. The van der Waals surface area contributed by atoms with E-state index in [0.29, 0.717) is 11.3 Å². The van der Waals surface area contributed by atoms with Crippen molar-refractivity contribution in [3.8, 4) is 6.07 Å². The van der Waals surface area contributed by atoms with Crippen LogP contribution in [0, 0.1) is 17.9 Å². The highest BCUT2D eigenvalue weighted by molar-refractivity contribution is 6.03. The molecule has 0 aliphatic heterocycles. The van der Waals surface area contributed by atoms with E-state index in [0.717, 1.165) is 95.8 Å². The van der Waals surface area contributed by atoms with Gasteiger partial charge in [-0.15, -0.1) is 0 Å². The molecule has 0 amide bonds. The second-order valence-corrected chi connectivity index (χ2v) is 20.4. The molecule has 8 aromatic rings. The average molecular weight is 933 g/mol. The van der Waals surface area contributed by atoms with Crippen molar-refractivity contribution in [2.24, 2.45) is 0 Å². The van der Waals surface area contributed by atoms with Crippen LogP contribution >= 0.6 is 0 Å². The molecule has 0 fully saturated rings. The minimum absolute atomic E-state index is 0.556. The Morgan fingerprint density at radius 2 is 0.750 bits per heavy atom. The molecule has 0 spiro atoms. The predicted octanol–water partition coefficient (Wildman–Crippen LogP) is 18.1. The number of nitrogens with zero attached hydrogens (tertiary/aromatic N) is 4. The zero-order valence-corrected chi connectivity index (χ0v) is 41.3. The Balaban J connectivity index is 0.818. The van der Waals surface area contributed by atoms with E-state index >= 15 is 0 Å². The summed E-state index contributed by atoms with van der Waals surface area (Å²) in [5, 5.41) is 12.2. The van der Waals surface area contributed by atoms with Gasteiger partial charge in [-0.3, -0.25) is 0 Å². The zero-order chi connectivity index (χ0) is 48.4. The van der Waals surface area contributed by atoms with Gasteiger partial charge in [-0.1, -0.05) is 121 Å². The Morgan fingerprint density at radius 3 is 1.14 bits per heavy atom. The Morgan fingerprint density at radius 1 is 0.389 bits per heavy atom. The van der Waals surface area contributed by atoms with Gasteiger partial charge < -0.3 is 9.80 Å². The lowest BCUT2D eigenvalue weighted by atomic mass is 9.88. The molecule has 0 bridgehead atoms. The van der Waals surface area contributed by atoms with E-state index in [-0.39, 0.29) is 0 Å². The first-order chi connectivity index (χ1) is 35.6. The van der Waals surface area contributed by atoms with E-state index < -0.39 is 0 Å². The van der Waals surface area contributed by atoms with Crippen molar-refractivity contribution < 1.29 is 0 Å². The Labute approximate surface area is 426 Å². The summed E-state index contributed by atoms with van der Waals surface area (Å²) in [5.41, 5.74) is 24.4. The smallest absolute Gasteiger partial charge is 0.202 e. The summed E-state index contributed by atoms with van der Waals surface area (Å²) in [6.45, 7) is 8.33. The van der Waals surface area contributed by atoms with Gasteiger partial charge in [0.1, 0.15) is 6.07 Å². The van der Waals surface area contributed by atoms with E-state index in [9.17, 15) is 5.26 Å². The van der Waals surface area contributed by atoms with Crippen molar-refractivity contribution in [3.63, 3.8) is 0 Å². The summed E-state index contributed by atoms with van der Waals surface area (Å²) in [6, 6.07) is 55.9. The first-order valence-electron chi connectivity index (χ1n) is 26.6. The van der Waals surface area contributed by atoms with Gasteiger partial charge in [-0.2, -0.15) is 5.26 Å². The third-order valence-electron chi connectivity index (χ3n) is 16.1. The summed E-state index contributed by atoms with van der Waals surface area (Å²) >= 11 is 0. The van der Waals surface area contributed by atoms with Gasteiger partial charge in [-0.05, 0) is 229 Å². The molecule has 0 unspecified atom stereocenters. The summed E-state index contributed by atoms with van der Waals surface area (Å²) in [7, 11) is 0. The van der Waals surface area contributed by atoms with Crippen LogP contribution in [0.5, 0.6) is 0 Å². The fraction of sp³-hybridized carbons (Fsp3) is 0.235. The van der Waals surface area contributed by atoms with Crippen LogP contribution < -0.4 is 9.80 Å². The number of hydrogen-bond donors (Lipinski definition) is 0. The molecule has 352 valence electrons. The van der Waals surface area contributed by atoms with Crippen molar-refractivity contribution >= 4 is 74.9 Å². The third kappa shape index (κ3) is 8.60. The number of anilines is 6. The van der Waals surface area contributed by atoms with E-state index in [4.69, 9.17) is 6.57 Å². The Hall–Kier alpha value is -7.92. The molecule has 0 N–H and O–H groups in total.